The van der Waals surface area contributed by atoms with E-state index in [1.807, 2.05) is 6.92 Å². The third kappa shape index (κ3) is 6.92. The number of nitrogens with one attached hydrogen (secondary N) is 1. The number of nitrogens with zero attached hydrogens (tertiary/aromatic N) is 3. The smallest absolute Gasteiger partial charge is 0.220 e. The summed E-state index contributed by atoms with van der Waals surface area (Å²) in [6.07, 6.45) is 1.34. The molecule has 1 N–H and O–H groups in total. The van der Waals surface area contributed by atoms with Crippen LogP contribution in [0.2, 0.25) is 0 Å². The Bertz CT molecular complexity index is 610. The summed E-state index contributed by atoms with van der Waals surface area (Å²) in [6.45, 7) is 18.2. The minimum atomic E-state index is 0.0926. The molecule has 1 aromatic rings. The van der Waals surface area contributed by atoms with E-state index in [4.69, 9.17) is 4.74 Å². The predicted octanol–water partition coefficient (Wildman–Crippen LogP) is 2.56. The highest BCUT2D eigenvalue weighted by Gasteiger charge is 2.21. The van der Waals surface area contributed by atoms with Crippen LogP contribution < -0.4 is 5.32 Å². The van der Waals surface area contributed by atoms with Crippen molar-refractivity contribution < 1.29 is 9.53 Å². The molecule has 1 aliphatic heterocycles. The quantitative estimate of drug-likeness (QED) is 0.717. The number of aromatic nitrogens is 2. The highest BCUT2D eigenvalue weighted by Crippen LogP contribution is 2.16. The van der Waals surface area contributed by atoms with Gasteiger partial charge in [0.15, 0.2) is 0 Å². The Hall–Kier alpha value is -1.40. The van der Waals surface area contributed by atoms with Gasteiger partial charge in [0.1, 0.15) is 0 Å². The standard InChI is InChI=1S/C21H38N4O2/c1-15(2)12-24-9-10-27-19(14-24)11-22-21(26)8-7-20-17(5)23-25(18(20)6)13-16(3)4/h15-16,19H,7-14H2,1-6H3,(H,22,26). The first kappa shape index (κ1) is 21.9. The number of morpholine rings is 1. The summed E-state index contributed by atoms with van der Waals surface area (Å²) < 4.78 is 7.89. The van der Waals surface area contributed by atoms with Gasteiger partial charge >= 0.3 is 0 Å². The number of ether oxygens (including phenoxy) is 1. The first-order chi connectivity index (χ1) is 12.8. The molecule has 1 fully saturated rings. The van der Waals surface area contributed by atoms with Gasteiger partial charge in [0.2, 0.25) is 5.91 Å². The largest absolute Gasteiger partial charge is 0.374 e. The Morgan fingerprint density at radius 2 is 1.93 bits per heavy atom. The van der Waals surface area contributed by atoms with Crippen LogP contribution in [-0.2, 0) is 22.5 Å². The van der Waals surface area contributed by atoms with Gasteiger partial charge < -0.3 is 10.1 Å². The van der Waals surface area contributed by atoms with Crippen LogP contribution in [0.1, 0.15) is 51.1 Å². The molecule has 1 amide bonds. The second-order valence-electron chi connectivity index (χ2n) is 8.68. The topological polar surface area (TPSA) is 59.4 Å². The molecule has 2 rings (SSSR count). The molecule has 0 radical (unpaired) electrons. The number of amides is 1. The van der Waals surface area contributed by atoms with E-state index in [0.717, 1.165) is 44.9 Å². The molecule has 6 heteroatoms. The van der Waals surface area contributed by atoms with Crippen molar-refractivity contribution in [2.24, 2.45) is 11.8 Å². The average Bonchev–Trinajstić information content (AvgIpc) is 2.84. The second kappa shape index (κ2) is 10.2. The van der Waals surface area contributed by atoms with Crippen LogP contribution in [0.5, 0.6) is 0 Å². The monoisotopic (exact) mass is 378 g/mol. The van der Waals surface area contributed by atoms with Gasteiger partial charge in [-0.3, -0.25) is 14.4 Å². The van der Waals surface area contributed by atoms with Crippen LogP contribution in [0.15, 0.2) is 0 Å². The summed E-state index contributed by atoms with van der Waals surface area (Å²) in [5.74, 6) is 1.31. The van der Waals surface area contributed by atoms with Crippen molar-refractivity contribution in [3.05, 3.63) is 17.0 Å². The highest BCUT2D eigenvalue weighted by atomic mass is 16.5. The lowest BCUT2D eigenvalue weighted by atomic mass is 10.1. The molecular weight excluding hydrogens is 340 g/mol. The minimum Gasteiger partial charge on any atom is -0.374 e. The number of hydrogen-bond acceptors (Lipinski definition) is 4. The Balaban J connectivity index is 1.77. The maximum Gasteiger partial charge on any atom is 0.220 e. The van der Waals surface area contributed by atoms with Gasteiger partial charge in [-0.1, -0.05) is 27.7 Å². The molecule has 27 heavy (non-hydrogen) atoms. The van der Waals surface area contributed by atoms with E-state index < -0.39 is 0 Å². The molecule has 1 saturated heterocycles. The molecule has 0 spiro atoms. The zero-order chi connectivity index (χ0) is 20.0. The van der Waals surface area contributed by atoms with E-state index in [1.54, 1.807) is 0 Å². The first-order valence-corrected chi connectivity index (χ1v) is 10.4. The maximum atomic E-state index is 12.3. The molecule has 6 nitrogen and oxygen atoms in total. The van der Waals surface area contributed by atoms with Gasteiger partial charge in [-0.15, -0.1) is 0 Å². The predicted molar refractivity (Wildman–Crippen MR) is 109 cm³/mol. The van der Waals surface area contributed by atoms with Crippen molar-refractivity contribution in [3.63, 3.8) is 0 Å². The summed E-state index contributed by atoms with van der Waals surface area (Å²) in [7, 11) is 0. The van der Waals surface area contributed by atoms with Crippen molar-refractivity contribution in [3.8, 4) is 0 Å². The number of carbonyl (C=O) groups is 1. The van der Waals surface area contributed by atoms with Crippen molar-refractivity contribution in [2.75, 3.05) is 32.8 Å². The normalized spacial score (nSPS) is 18.4. The second-order valence-corrected chi connectivity index (χ2v) is 8.68. The van der Waals surface area contributed by atoms with Crippen molar-refractivity contribution in [2.45, 2.75) is 67.0 Å². The van der Waals surface area contributed by atoms with E-state index >= 15 is 0 Å². The number of carbonyl (C=O) groups excluding carboxylic acids is 1. The van der Waals surface area contributed by atoms with E-state index in [1.165, 1.54) is 11.3 Å². The molecule has 1 atom stereocenters. The summed E-state index contributed by atoms with van der Waals surface area (Å²) in [4.78, 5) is 14.7. The van der Waals surface area contributed by atoms with Gasteiger partial charge in [-0.05, 0) is 37.7 Å². The molecule has 0 saturated carbocycles. The average molecular weight is 379 g/mol. The molecule has 0 aliphatic carbocycles. The summed E-state index contributed by atoms with van der Waals surface area (Å²) in [6, 6.07) is 0. The lowest BCUT2D eigenvalue weighted by Gasteiger charge is -2.33. The van der Waals surface area contributed by atoms with Crippen LogP contribution in [0, 0.1) is 25.7 Å². The Morgan fingerprint density at radius 1 is 1.22 bits per heavy atom. The van der Waals surface area contributed by atoms with Gasteiger partial charge in [-0.25, -0.2) is 0 Å². The fourth-order valence-corrected chi connectivity index (χ4v) is 3.76. The molecule has 1 aliphatic rings. The molecule has 2 heterocycles. The molecule has 0 aromatic carbocycles. The van der Waals surface area contributed by atoms with E-state index in [-0.39, 0.29) is 12.0 Å². The lowest BCUT2D eigenvalue weighted by molar-refractivity contribution is -0.122. The molecule has 1 aromatic heterocycles. The summed E-state index contributed by atoms with van der Waals surface area (Å²) in [5, 5.41) is 7.70. The van der Waals surface area contributed by atoms with Gasteiger partial charge in [0, 0.05) is 44.8 Å². The molecule has 154 valence electrons. The van der Waals surface area contributed by atoms with Crippen LogP contribution in [-0.4, -0.2) is 59.5 Å². The van der Waals surface area contributed by atoms with Gasteiger partial charge in [-0.2, -0.15) is 5.10 Å². The Kier molecular flexibility index (Phi) is 8.29. The fraction of sp³-hybridized carbons (Fsp3) is 0.810. The minimum absolute atomic E-state index is 0.0926. The Labute approximate surface area is 164 Å². The third-order valence-electron chi connectivity index (χ3n) is 5.04. The van der Waals surface area contributed by atoms with Crippen molar-refractivity contribution in [1.82, 2.24) is 20.0 Å². The molecule has 0 bridgehead atoms. The van der Waals surface area contributed by atoms with E-state index in [2.05, 4.69) is 54.6 Å². The summed E-state index contributed by atoms with van der Waals surface area (Å²) in [5.41, 5.74) is 3.44. The third-order valence-corrected chi connectivity index (χ3v) is 5.04. The number of aryl methyl sites for hydroxylation is 1. The number of rotatable bonds is 9. The summed E-state index contributed by atoms with van der Waals surface area (Å²) >= 11 is 0. The van der Waals surface area contributed by atoms with Crippen molar-refractivity contribution in [1.29, 1.82) is 0 Å². The Morgan fingerprint density at radius 3 is 2.59 bits per heavy atom. The zero-order valence-electron chi connectivity index (χ0n) is 18.0. The van der Waals surface area contributed by atoms with Crippen LogP contribution in [0.25, 0.3) is 0 Å². The lowest BCUT2D eigenvalue weighted by Crippen LogP contribution is -2.48. The van der Waals surface area contributed by atoms with Crippen LogP contribution >= 0.6 is 0 Å². The van der Waals surface area contributed by atoms with Crippen LogP contribution in [0.3, 0.4) is 0 Å². The van der Waals surface area contributed by atoms with Crippen LogP contribution in [0.4, 0.5) is 0 Å². The van der Waals surface area contributed by atoms with Gasteiger partial charge in [0.05, 0.1) is 18.4 Å². The number of hydrogen-bond donors (Lipinski definition) is 1. The first-order valence-electron chi connectivity index (χ1n) is 10.4. The zero-order valence-corrected chi connectivity index (χ0v) is 18.0. The fourth-order valence-electron chi connectivity index (χ4n) is 3.76. The van der Waals surface area contributed by atoms with Gasteiger partial charge in [0.25, 0.3) is 0 Å². The highest BCUT2D eigenvalue weighted by molar-refractivity contribution is 5.76. The van der Waals surface area contributed by atoms with E-state index in [9.17, 15) is 4.79 Å². The van der Waals surface area contributed by atoms with Crippen molar-refractivity contribution >= 4 is 5.91 Å². The SMILES string of the molecule is Cc1nn(CC(C)C)c(C)c1CCC(=O)NCC1CN(CC(C)C)CCO1. The maximum absolute atomic E-state index is 12.3. The molecule has 1 unspecified atom stereocenters. The molecular formula is C21H38N4O2. The van der Waals surface area contributed by atoms with E-state index in [0.29, 0.717) is 24.8 Å².